The number of benzene rings is 3. The zero-order valence-corrected chi connectivity index (χ0v) is 22.6. The van der Waals surface area contributed by atoms with Crippen molar-refractivity contribution in [3.05, 3.63) is 90.5 Å². The van der Waals surface area contributed by atoms with Crippen LogP contribution in [-0.2, 0) is 11.3 Å². The molecule has 0 atom stereocenters. The Balaban J connectivity index is 1.01. The molecule has 2 fully saturated rings. The van der Waals surface area contributed by atoms with Gasteiger partial charge < -0.3 is 35.0 Å². The Hall–Kier alpha value is -4.99. The fourth-order valence-corrected chi connectivity index (χ4v) is 5.08. The highest BCUT2D eigenvalue weighted by molar-refractivity contribution is 5.74. The van der Waals surface area contributed by atoms with Crippen LogP contribution in [0.4, 0.5) is 22.0 Å². The number of hydrogen-bond acceptors (Lipinski definition) is 9. The second-order valence-corrected chi connectivity index (χ2v) is 10.2. The molecule has 10 heteroatoms. The monoisotopic (exact) mass is 552 g/mol. The Labute approximate surface area is 238 Å². The van der Waals surface area contributed by atoms with Crippen molar-refractivity contribution in [1.82, 2.24) is 15.1 Å². The molecule has 41 heavy (non-hydrogen) atoms. The average Bonchev–Trinajstić information content (AvgIpc) is 2.99. The number of anilines is 3. The normalized spacial score (nSPS) is 15.4. The van der Waals surface area contributed by atoms with Gasteiger partial charge >= 0.3 is 6.09 Å². The Morgan fingerprint density at radius 3 is 2.41 bits per heavy atom. The molecule has 4 aromatic rings. The van der Waals surface area contributed by atoms with Crippen molar-refractivity contribution in [3.8, 4) is 22.8 Å². The minimum Gasteiger partial charge on any atom is -0.507 e. The van der Waals surface area contributed by atoms with E-state index in [0.717, 1.165) is 22.7 Å². The van der Waals surface area contributed by atoms with E-state index < -0.39 is 0 Å². The lowest BCUT2D eigenvalue weighted by atomic mass is 10.1. The third-order valence-electron chi connectivity index (χ3n) is 7.40. The Morgan fingerprint density at radius 1 is 0.878 bits per heavy atom. The number of piperazine rings is 1. The standard InChI is InChI=1S/C31H32N6O4/c32-30-28(18-27(33-34-30)26-11-4-5-12-29(26)38)37-19-25(20-37)41-24-10-6-9-23(17-24)35-13-15-36(16-14-35)31(39)40-21-22-7-2-1-3-8-22/h1-12,17-18,25,38H,13-16,19-21H2,(H2,32,34). The van der Waals surface area contributed by atoms with Crippen LogP contribution in [-0.4, -0.2) is 71.7 Å². The number of hydrogen-bond donors (Lipinski definition) is 2. The van der Waals surface area contributed by atoms with Gasteiger partial charge in [-0.3, -0.25) is 0 Å². The zero-order chi connectivity index (χ0) is 28.2. The number of carbonyl (C=O) groups excluding carboxylic acids is 1. The molecule has 1 aromatic heterocycles. The average molecular weight is 553 g/mol. The van der Waals surface area contributed by atoms with Crippen molar-refractivity contribution in [2.75, 3.05) is 54.8 Å². The summed E-state index contributed by atoms with van der Waals surface area (Å²) in [5.41, 5.74) is 10.1. The van der Waals surface area contributed by atoms with Crippen molar-refractivity contribution in [2.24, 2.45) is 0 Å². The van der Waals surface area contributed by atoms with Crippen molar-refractivity contribution in [3.63, 3.8) is 0 Å². The maximum Gasteiger partial charge on any atom is 0.410 e. The predicted octanol–water partition coefficient (Wildman–Crippen LogP) is 4.16. The first-order valence-corrected chi connectivity index (χ1v) is 13.7. The van der Waals surface area contributed by atoms with Gasteiger partial charge in [-0.25, -0.2) is 4.79 Å². The van der Waals surface area contributed by atoms with Gasteiger partial charge in [0.2, 0.25) is 0 Å². The van der Waals surface area contributed by atoms with E-state index in [1.807, 2.05) is 60.7 Å². The van der Waals surface area contributed by atoms with E-state index in [1.165, 1.54) is 0 Å². The molecule has 2 aliphatic heterocycles. The number of nitrogens with two attached hydrogens (primary N) is 1. The smallest absolute Gasteiger partial charge is 0.410 e. The van der Waals surface area contributed by atoms with Gasteiger partial charge in [-0.05, 0) is 35.9 Å². The molecule has 210 valence electrons. The summed E-state index contributed by atoms with van der Waals surface area (Å²) in [6.07, 6.45) is -0.277. The fraction of sp³-hybridized carbons (Fsp3) is 0.258. The number of amides is 1. The minimum atomic E-state index is -0.280. The molecule has 10 nitrogen and oxygen atoms in total. The summed E-state index contributed by atoms with van der Waals surface area (Å²) < 4.78 is 11.8. The number of carbonyl (C=O) groups is 1. The molecule has 3 N–H and O–H groups in total. The summed E-state index contributed by atoms with van der Waals surface area (Å²) >= 11 is 0. The molecule has 0 aliphatic carbocycles. The van der Waals surface area contributed by atoms with Crippen LogP contribution in [0.5, 0.6) is 11.5 Å². The van der Waals surface area contributed by atoms with Gasteiger partial charge in [0.25, 0.3) is 0 Å². The van der Waals surface area contributed by atoms with E-state index in [0.29, 0.717) is 56.3 Å². The van der Waals surface area contributed by atoms with E-state index in [9.17, 15) is 9.90 Å². The van der Waals surface area contributed by atoms with Crippen LogP contribution >= 0.6 is 0 Å². The maximum atomic E-state index is 12.5. The van der Waals surface area contributed by atoms with Crippen LogP contribution < -0.4 is 20.3 Å². The molecule has 6 rings (SSSR count). The molecule has 0 radical (unpaired) electrons. The fourth-order valence-electron chi connectivity index (χ4n) is 5.08. The van der Waals surface area contributed by atoms with Crippen LogP contribution in [0.2, 0.25) is 0 Å². The molecule has 2 aliphatic rings. The lowest BCUT2D eigenvalue weighted by Gasteiger charge is -2.41. The van der Waals surface area contributed by atoms with Crippen LogP contribution in [0, 0.1) is 0 Å². The number of ether oxygens (including phenoxy) is 2. The van der Waals surface area contributed by atoms with Crippen molar-refractivity contribution < 1.29 is 19.4 Å². The number of rotatable bonds is 7. The number of aromatic nitrogens is 2. The largest absolute Gasteiger partial charge is 0.507 e. The Bertz CT molecular complexity index is 1500. The molecular formula is C31H32N6O4. The summed E-state index contributed by atoms with van der Waals surface area (Å²) in [7, 11) is 0. The summed E-state index contributed by atoms with van der Waals surface area (Å²) in [6.45, 7) is 4.22. The lowest BCUT2D eigenvalue weighted by Crippen LogP contribution is -2.54. The molecule has 0 bridgehead atoms. The van der Waals surface area contributed by atoms with Gasteiger partial charge in [0.15, 0.2) is 5.82 Å². The Kier molecular flexibility index (Phi) is 7.44. The predicted molar refractivity (Wildman–Crippen MR) is 157 cm³/mol. The van der Waals surface area contributed by atoms with E-state index in [4.69, 9.17) is 15.2 Å². The maximum absolute atomic E-state index is 12.5. The second kappa shape index (κ2) is 11.6. The number of aromatic hydroxyl groups is 1. The van der Waals surface area contributed by atoms with Crippen molar-refractivity contribution in [2.45, 2.75) is 12.7 Å². The second-order valence-electron chi connectivity index (χ2n) is 10.2. The van der Waals surface area contributed by atoms with Crippen molar-refractivity contribution >= 4 is 23.3 Å². The summed E-state index contributed by atoms with van der Waals surface area (Å²) in [4.78, 5) is 18.6. The number of nitrogens with zero attached hydrogens (tertiary/aromatic N) is 5. The number of para-hydroxylation sites is 1. The summed E-state index contributed by atoms with van der Waals surface area (Å²) in [6, 6.07) is 26.6. The quantitative estimate of drug-likeness (QED) is 0.349. The zero-order valence-electron chi connectivity index (χ0n) is 22.6. The van der Waals surface area contributed by atoms with Crippen molar-refractivity contribution in [1.29, 1.82) is 0 Å². The lowest BCUT2D eigenvalue weighted by molar-refractivity contribution is 0.0942. The number of phenols is 1. The summed E-state index contributed by atoms with van der Waals surface area (Å²) in [5, 5.41) is 18.5. The van der Waals surface area contributed by atoms with Gasteiger partial charge in [-0.2, -0.15) is 0 Å². The van der Waals surface area contributed by atoms with E-state index in [2.05, 4.69) is 26.1 Å². The highest BCUT2D eigenvalue weighted by Crippen LogP contribution is 2.34. The van der Waals surface area contributed by atoms with Crippen LogP contribution in [0.15, 0.2) is 84.9 Å². The molecule has 0 spiro atoms. The first kappa shape index (κ1) is 26.2. The first-order valence-electron chi connectivity index (χ1n) is 13.7. The van der Waals surface area contributed by atoms with Gasteiger partial charge in [0.1, 0.15) is 24.2 Å². The number of phenolic OH excluding ortho intramolecular Hbond substituents is 1. The summed E-state index contributed by atoms with van der Waals surface area (Å²) in [5.74, 6) is 1.28. The molecule has 1 amide bonds. The first-order chi connectivity index (χ1) is 20.0. The van der Waals surface area contributed by atoms with Crippen LogP contribution in [0.1, 0.15) is 5.56 Å². The highest BCUT2D eigenvalue weighted by Gasteiger charge is 2.31. The molecule has 3 aromatic carbocycles. The minimum absolute atomic E-state index is 0.00243. The molecule has 0 saturated carbocycles. The van der Waals surface area contributed by atoms with Gasteiger partial charge in [-0.15, -0.1) is 10.2 Å². The van der Waals surface area contributed by atoms with E-state index in [-0.39, 0.29) is 24.6 Å². The third-order valence-corrected chi connectivity index (χ3v) is 7.40. The van der Waals surface area contributed by atoms with Crippen LogP contribution in [0.25, 0.3) is 11.3 Å². The molecular weight excluding hydrogens is 520 g/mol. The Morgan fingerprint density at radius 2 is 1.63 bits per heavy atom. The van der Waals surface area contributed by atoms with Crippen LogP contribution in [0.3, 0.4) is 0 Å². The van der Waals surface area contributed by atoms with E-state index in [1.54, 1.807) is 23.1 Å². The highest BCUT2D eigenvalue weighted by atomic mass is 16.6. The molecule has 0 unspecified atom stereocenters. The topological polar surface area (TPSA) is 117 Å². The molecule has 2 saturated heterocycles. The molecule has 3 heterocycles. The third kappa shape index (κ3) is 5.96. The number of nitrogen functional groups attached to an aromatic ring is 1. The van der Waals surface area contributed by atoms with E-state index >= 15 is 0 Å². The van der Waals surface area contributed by atoms with Gasteiger partial charge in [0.05, 0.1) is 24.5 Å². The van der Waals surface area contributed by atoms with Gasteiger partial charge in [0, 0.05) is 43.5 Å². The van der Waals surface area contributed by atoms with Gasteiger partial charge in [-0.1, -0.05) is 48.5 Å². The SMILES string of the molecule is Nc1nnc(-c2ccccc2O)cc1N1CC(Oc2cccc(N3CCN(C(=O)OCc4ccccc4)CC3)c2)C1.